The molecule has 0 radical (unpaired) electrons. The maximum atomic E-state index is 12.0. The maximum Gasteiger partial charge on any atom is 0.338 e. The summed E-state index contributed by atoms with van der Waals surface area (Å²) in [5.74, 6) is -2.24. The molecule has 1 aromatic carbocycles. The zero-order valence-electron chi connectivity index (χ0n) is 13.0. The van der Waals surface area contributed by atoms with Crippen molar-refractivity contribution in [3.05, 3.63) is 29.8 Å². The van der Waals surface area contributed by atoms with Crippen LogP contribution in [0.5, 0.6) is 0 Å². The number of rotatable bonds is 7. The summed E-state index contributed by atoms with van der Waals surface area (Å²) in [7, 11) is 0. The van der Waals surface area contributed by atoms with E-state index >= 15 is 0 Å². The van der Waals surface area contributed by atoms with Gasteiger partial charge in [0.1, 0.15) is 0 Å². The summed E-state index contributed by atoms with van der Waals surface area (Å²) >= 11 is 0. The van der Waals surface area contributed by atoms with E-state index in [1.165, 1.54) is 4.90 Å². The van der Waals surface area contributed by atoms with Gasteiger partial charge < -0.3 is 14.7 Å². The summed E-state index contributed by atoms with van der Waals surface area (Å²) < 4.78 is 4.90. The van der Waals surface area contributed by atoms with Crippen molar-refractivity contribution >= 4 is 23.5 Å². The van der Waals surface area contributed by atoms with Crippen LogP contribution < -0.4 is 4.90 Å². The molecule has 1 aromatic rings. The standard InChI is InChI=1S/C16H21NO5/c1-4-14(18)17(10-11(3)15(19)20)13-8-6-12(7-9-13)16(21)22-5-2/h6-9,11H,4-5,10H2,1-3H3,(H,19,20). The number of benzene rings is 1. The fourth-order valence-corrected chi connectivity index (χ4v) is 1.89. The zero-order chi connectivity index (χ0) is 16.7. The van der Waals surface area contributed by atoms with Gasteiger partial charge in [-0.2, -0.15) is 0 Å². The Hall–Kier alpha value is -2.37. The lowest BCUT2D eigenvalue weighted by molar-refractivity contribution is -0.140. The van der Waals surface area contributed by atoms with E-state index in [4.69, 9.17) is 9.84 Å². The van der Waals surface area contributed by atoms with E-state index in [2.05, 4.69) is 0 Å². The van der Waals surface area contributed by atoms with Gasteiger partial charge in [-0.3, -0.25) is 9.59 Å². The van der Waals surface area contributed by atoms with Crippen LogP contribution in [0, 0.1) is 5.92 Å². The number of ether oxygens (including phenoxy) is 1. The van der Waals surface area contributed by atoms with Gasteiger partial charge in [-0.25, -0.2) is 4.79 Å². The van der Waals surface area contributed by atoms with Crippen LogP contribution in [-0.2, 0) is 14.3 Å². The molecule has 0 spiro atoms. The molecule has 1 amide bonds. The van der Waals surface area contributed by atoms with Gasteiger partial charge in [0.25, 0.3) is 0 Å². The summed E-state index contributed by atoms with van der Waals surface area (Å²) in [4.78, 5) is 36.1. The van der Waals surface area contributed by atoms with Crippen LogP contribution in [0.2, 0.25) is 0 Å². The predicted molar refractivity (Wildman–Crippen MR) is 81.8 cm³/mol. The van der Waals surface area contributed by atoms with Crippen molar-refractivity contribution in [1.82, 2.24) is 0 Å². The highest BCUT2D eigenvalue weighted by molar-refractivity contribution is 5.95. The van der Waals surface area contributed by atoms with Gasteiger partial charge in [-0.05, 0) is 31.2 Å². The SMILES string of the molecule is CCOC(=O)c1ccc(N(CC(C)C(=O)O)C(=O)CC)cc1. The first kappa shape index (κ1) is 17.7. The number of carbonyl (C=O) groups is 3. The molecule has 0 fully saturated rings. The lowest BCUT2D eigenvalue weighted by atomic mass is 10.1. The predicted octanol–water partition coefficient (Wildman–Crippen LogP) is 2.33. The Balaban J connectivity index is 2.97. The van der Waals surface area contributed by atoms with E-state index < -0.39 is 17.9 Å². The van der Waals surface area contributed by atoms with Crippen molar-refractivity contribution in [3.8, 4) is 0 Å². The molecule has 1 rings (SSSR count). The normalized spacial score (nSPS) is 11.6. The molecule has 120 valence electrons. The minimum Gasteiger partial charge on any atom is -0.481 e. The van der Waals surface area contributed by atoms with Crippen molar-refractivity contribution in [2.45, 2.75) is 27.2 Å². The Morgan fingerprint density at radius 2 is 1.77 bits per heavy atom. The molecule has 0 bridgehead atoms. The summed E-state index contributed by atoms with van der Waals surface area (Å²) in [6.45, 7) is 5.36. The molecule has 0 aliphatic carbocycles. The van der Waals surface area contributed by atoms with Crippen LogP contribution in [0.15, 0.2) is 24.3 Å². The first-order valence-electron chi connectivity index (χ1n) is 7.21. The van der Waals surface area contributed by atoms with Crippen LogP contribution >= 0.6 is 0 Å². The Morgan fingerprint density at radius 1 is 1.18 bits per heavy atom. The summed E-state index contributed by atoms with van der Waals surface area (Å²) in [6, 6.07) is 6.37. The van der Waals surface area contributed by atoms with Gasteiger partial charge in [0.2, 0.25) is 5.91 Å². The molecule has 1 N–H and O–H groups in total. The number of esters is 1. The van der Waals surface area contributed by atoms with Crippen LogP contribution in [0.1, 0.15) is 37.6 Å². The van der Waals surface area contributed by atoms with Crippen LogP contribution in [-0.4, -0.2) is 36.1 Å². The molecule has 0 aromatic heterocycles. The monoisotopic (exact) mass is 307 g/mol. The second-order valence-corrected chi connectivity index (χ2v) is 4.86. The van der Waals surface area contributed by atoms with Crippen molar-refractivity contribution in [3.63, 3.8) is 0 Å². The van der Waals surface area contributed by atoms with Crippen LogP contribution in [0.3, 0.4) is 0 Å². The summed E-state index contributed by atoms with van der Waals surface area (Å²) in [5.41, 5.74) is 0.953. The molecule has 0 saturated carbocycles. The number of amides is 1. The van der Waals surface area contributed by atoms with Crippen molar-refractivity contribution in [1.29, 1.82) is 0 Å². The van der Waals surface area contributed by atoms with Crippen molar-refractivity contribution in [2.24, 2.45) is 5.92 Å². The topological polar surface area (TPSA) is 83.9 Å². The van der Waals surface area contributed by atoms with Crippen molar-refractivity contribution in [2.75, 3.05) is 18.1 Å². The van der Waals surface area contributed by atoms with E-state index in [0.29, 0.717) is 11.3 Å². The first-order valence-corrected chi connectivity index (χ1v) is 7.21. The minimum absolute atomic E-state index is 0.0841. The van der Waals surface area contributed by atoms with Crippen molar-refractivity contribution < 1.29 is 24.2 Å². The smallest absolute Gasteiger partial charge is 0.338 e. The lowest BCUT2D eigenvalue weighted by Crippen LogP contribution is -2.36. The molecule has 0 heterocycles. The number of nitrogens with zero attached hydrogens (tertiary/aromatic N) is 1. The Bertz CT molecular complexity index is 538. The fourth-order valence-electron chi connectivity index (χ4n) is 1.89. The minimum atomic E-state index is -0.961. The molecular weight excluding hydrogens is 286 g/mol. The Labute approximate surface area is 129 Å². The number of aliphatic carboxylic acids is 1. The third-order valence-electron chi connectivity index (χ3n) is 3.17. The molecule has 22 heavy (non-hydrogen) atoms. The second-order valence-electron chi connectivity index (χ2n) is 4.86. The molecule has 0 saturated heterocycles. The molecule has 1 unspecified atom stereocenters. The molecule has 0 aliphatic heterocycles. The van der Waals surface area contributed by atoms with E-state index in [-0.39, 0.29) is 25.5 Å². The summed E-state index contributed by atoms with van der Waals surface area (Å²) in [6.07, 6.45) is 0.270. The molecule has 1 atom stereocenters. The Kier molecular flexibility index (Phi) is 6.56. The van der Waals surface area contributed by atoms with Gasteiger partial charge in [0.05, 0.1) is 18.1 Å². The quantitative estimate of drug-likeness (QED) is 0.782. The zero-order valence-corrected chi connectivity index (χ0v) is 13.0. The highest BCUT2D eigenvalue weighted by Gasteiger charge is 2.21. The van der Waals surface area contributed by atoms with Gasteiger partial charge in [-0.15, -0.1) is 0 Å². The largest absolute Gasteiger partial charge is 0.481 e. The van der Waals surface area contributed by atoms with Gasteiger partial charge in [0, 0.05) is 18.7 Å². The van der Waals surface area contributed by atoms with E-state index in [9.17, 15) is 14.4 Å². The average Bonchev–Trinajstić information content (AvgIpc) is 2.52. The van der Waals surface area contributed by atoms with Crippen LogP contribution in [0.4, 0.5) is 5.69 Å². The average molecular weight is 307 g/mol. The van der Waals surface area contributed by atoms with Gasteiger partial charge >= 0.3 is 11.9 Å². The Morgan fingerprint density at radius 3 is 2.23 bits per heavy atom. The van der Waals surface area contributed by atoms with Gasteiger partial charge in [-0.1, -0.05) is 13.8 Å². The number of anilines is 1. The first-order chi connectivity index (χ1) is 10.4. The van der Waals surface area contributed by atoms with Crippen LogP contribution in [0.25, 0.3) is 0 Å². The number of hydrogen-bond donors (Lipinski definition) is 1. The number of carbonyl (C=O) groups excluding carboxylic acids is 2. The van der Waals surface area contributed by atoms with E-state index in [1.54, 1.807) is 45.0 Å². The third-order valence-corrected chi connectivity index (χ3v) is 3.17. The third kappa shape index (κ3) is 4.58. The lowest BCUT2D eigenvalue weighted by Gasteiger charge is -2.24. The number of carboxylic acids is 1. The van der Waals surface area contributed by atoms with E-state index in [1.807, 2.05) is 0 Å². The fraction of sp³-hybridized carbons (Fsp3) is 0.438. The number of carboxylic acid groups (broad SMARTS) is 1. The molecule has 0 aliphatic rings. The van der Waals surface area contributed by atoms with E-state index in [0.717, 1.165) is 0 Å². The molecule has 6 nitrogen and oxygen atoms in total. The molecule has 6 heteroatoms. The maximum absolute atomic E-state index is 12.0. The van der Waals surface area contributed by atoms with Gasteiger partial charge in [0.15, 0.2) is 0 Å². The molecular formula is C16H21NO5. The highest BCUT2D eigenvalue weighted by atomic mass is 16.5. The second kappa shape index (κ2) is 8.17. The summed E-state index contributed by atoms with van der Waals surface area (Å²) in [5, 5.41) is 9.01. The number of hydrogen-bond acceptors (Lipinski definition) is 4. The highest BCUT2D eigenvalue weighted by Crippen LogP contribution is 2.19.